The monoisotopic (exact) mass is 446 g/mol. The summed E-state index contributed by atoms with van der Waals surface area (Å²) in [7, 11) is 6.06. The Hall–Kier alpha value is -0.760. The van der Waals surface area contributed by atoms with Gasteiger partial charge in [0.15, 0.2) is 5.96 Å². The van der Waals surface area contributed by atoms with Crippen LogP contribution in [0.5, 0.6) is 0 Å². The first-order valence-corrected chi connectivity index (χ1v) is 8.79. The Morgan fingerprint density at radius 3 is 2.71 bits per heavy atom. The molecule has 1 aliphatic heterocycles. The van der Waals surface area contributed by atoms with Gasteiger partial charge in [0.25, 0.3) is 0 Å². The van der Waals surface area contributed by atoms with Crippen LogP contribution < -0.4 is 5.32 Å². The van der Waals surface area contributed by atoms with Gasteiger partial charge in [-0.15, -0.1) is 24.0 Å². The second kappa shape index (κ2) is 8.56. The molecular weight excluding hydrogens is 415 g/mol. The molecule has 2 heterocycles. The molecule has 1 saturated heterocycles. The predicted octanol–water partition coefficient (Wildman–Crippen LogP) is 3.34. The van der Waals surface area contributed by atoms with Gasteiger partial charge in [0.05, 0.1) is 12.3 Å². The van der Waals surface area contributed by atoms with Gasteiger partial charge in [0.1, 0.15) is 5.76 Å². The van der Waals surface area contributed by atoms with E-state index in [0.29, 0.717) is 5.41 Å². The average molecular weight is 446 g/mol. The van der Waals surface area contributed by atoms with Crippen LogP contribution in [0.25, 0.3) is 0 Å². The highest BCUT2D eigenvalue weighted by Gasteiger charge is 2.41. The number of rotatable bonds is 4. The minimum absolute atomic E-state index is 0. The van der Waals surface area contributed by atoms with E-state index in [-0.39, 0.29) is 30.0 Å². The second-order valence-corrected chi connectivity index (χ2v) is 7.30. The van der Waals surface area contributed by atoms with Gasteiger partial charge in [-0.05, 0) is 50.9 Å². The van der Waals surface area contributed by atoms with E-state index < -0.39 is 0 Å². The molecule has 2 aliphatic rings. The minimum Gasteiger partial charge on any atom is -0.468 e. The Balaban J connectivity index is 0.00000208. The first kappa shape index (κ1) is 19.6. The Kier molecular flexibility index (Phi) is 6.98. The van der Waals surface area contributed by atoms with E-state index in [1.807, 2.05) is 19.2 Å². The predicted molar refractivity (Wildman–Crippen MR) is 109 cm³/mol. The van der Waals surface area contributed by atoms with E-state index in [0.717, 1.165) is 24.8 Å². The largest absolute Gasteiger partial charge is 0.468 e. The van der Waals surface area contributed by atoms with Gasteiger partial charge < -0.3 is 14.6 Å². The maximum atomic E-state index is 5.59. The number of likely N-dealkylation sites (N-methyl/N-ethyl adjacent to an activating group) is 1. The lowest BCUT2D eigenvalue weighted by atomic mass is 9.86. The van der Waals surface area contributed by atoms with Gasteiger partial charge in [0.2, 0.25) is 0 Å². The first-order valence-electron chi connectivity index (χ1n) is 8.79. The maximum Gasteiger partial charge on any atom is 0.193 e. The second-order valence-electron chi connectivity index (χ2n) is 7.30. The van der Waals surface area contributed by atoms with E-state index in [2.05, 4.69) is 34.2 Å². The van der Waals surface area contributed by atoms with Crippen molar-refractivity contribution in [3.8, 4) is 0 Å². The number of guanidine groups is 1. The molecule has 1 aromatic rings. The smallest absolute Gasteiger partial charge is 0.193 e. The zero-order valence-electron chi connectivity index (χ0n) is 15.1. The van der Waals surface area contributed by atoms with Gasteiger partial charge in [-0.3, -0.25) is 9.89 Å². The summed E-state index contributed by atoms with van der Waals surface area (Å²) in [5.41, 5.74) is 0.569. The third-order valence-corrected chi connectivity index (χ3v) is 5.56. The Bertz CT molecular complexity index is 523. The molecule has 136 valence electrons. The van der Waals surface area contributed by atoms with Crippen molar-refractivity contribution >= 4 is 29.9 Å². The van der Waals surface area contributed by atoms with Crippen molar-refractivity contribution in [1.29, 1.82) is 0 Å². The van der Waals surface area contributed by atoms with E-state index in [9.17, 15) is 0 Å². The summed E-state index contributed by atoms with van der Waals surface area (Å²) in [6.07, 6.45) is 8.66. The van der Waals surface area contributed by atoms with Crippen LogP contribution in [0.3, 0.4) is 0 Å². The maximum absolute atomic E-state index is 5.59. The fourth-order valence-electron chi connectivity index (χ4n) is 4.19. The SMILES string of the molecule is CN=C(NCC(c1ccco1)N(C)C)N1CCC2(CCCC2)C1.I. The molecule has 1 saturated carbocycles. The van der Waals surface area contributed by atoms with Crippen LogP contribution in [0.1, 0.15) is 43.9 Å². The molecule has 1 unspecified atom stereocenters. The number of likely N-dealkylation sites (tertiary alicyclic amines) is 1. The Morgan fingerprint density at radius 1 is 1.38 bits per heavy atom. The van der Waals surface area contributed by atoms with Crippen LogP contribution in [0, 0.1) is 5.41 Å². The van der Waals surface area contributed by atoms with Gasteiger partial charge in [-0.2, -0.15) is 0 Å². The van der Waals surface area contributed by atoms with Crippen molar-refractivity contribution in [3.05, 3.63) is 24.2 Å². The van der Waals surface area contributed by atoms with Gasteiger partial charge >= 0.3 is 0 Å². The van der Waals surface area contributed by atoms with Crippen LogP contribution in [-0.4, -0.2) is 56.5 Å². The number of hydrogen-bond acceptors (Lipinski definition) is 3. The summed E-state index contributed by atoms with van der Waals surface area (Å²) in [5, 5.41) is 3.56. The standard InChI is InChI=1S/C18H30N4O.HI/c1-19-17(22-11-10-18(14-22)8-4-5-9-18)20-13-15(21(2)3)16-7-6-12-23-16;/h6-7,12,15H,4-5,8-11,13-14H2,1-3H3,(H,19,20);1H. The van der Waals surface area contributed by atoms with Gasteiger partial charge in [0, 0.05) is 26.7 Å². The highest BCUT2D eigenvalue weighted by molar-refractivity contribution is 14.0. The Labute approximate surface area is 162 Å². The summed E-state index contributed by atoms with van der Waals surface area (Å²) in [4.78, 5) is 9.15. The molecular formula is C18H31IN4O. The van der Waals surface area contributed by atoms with Crippen molar-refractivity contribution < 1.29 is 4.42 Å². The quantitative estimate of drug-likeness (QED) is 0.438. The van der Waals surface area contributed by atoms with Crippen molar-refractivity contribution in [3.63, 3.8) is 0 Å². The number of aliphatic imine (C=N–C) groups is 1. The van der Waals surface area contributed by atoms with Crippen molar-refractivity contribution in [2.75, 3.05) is 40.8 Å². The van der Waals surface area contributed by atoms with Crippen LogP contribution in [-0.2, 0) is 0 Å². The van der Waals surface area contributed by atoms with Crippen molar-refractivity contribution in [1.82, 2.24) is 15.1 Å². The third kappa shape index (κ3) is 4.25. The topological polar surface area (TPSA) is 44.0 Å². The summed E-state index contributed by atoms with van der Waals surface area (Å²) >= 11 is 0. The zero-order valence-corrected chi connectivity index (χ0v) is 17.5. The zero-order chi connectivity index (χ0) is 16.3. The molecule has 6 heteroatoms. The average Bonchev–Trinajstić information content (AvgIpc) is 3.27. The van der Waals surface area contributed by atoms with E-state index in [4.69, 9.17) is 4.42 Å². The Morgan fingerprint density at radius 2 is 2.12 bits per heavy atom. The van der Waals surface area contributed by atoms with Crippen molar-refractivity contribution in [2.45, 2.75) is 38.1 Å². The van der Waals surface area contributed by atoms with Crippen LogP contribution in [0.2, 0.25) is 0 Å². The van der Waals surface area contributed by atoms with Crippen LogP contribution >= 0.6 is 24.0 Å². The number of nitrogens with zero attached hydrogens (tertiary/aromatic N) is 3. The highest BCUT2D eigenvalue weighted by atomic mass is 127. The normalized spacial score (nSPS) is 21.3. The minimum atomic E-state index is 0. The fourth-order valence-corrected chi connectivity index (χ4v) is 4.19. The van der Waals surface area contributed by atoms with Crippen LogP contribution in [0.4, 0.5) is 0 Å². The van der Waals surface area contributed by atoms with Gasteiger partial charge in [-0.25, -0.2) is 0 Å². The number of halogens is 1. The molecule has 2 fully saturated rings. The van der Waals surface area contributed by atoms with Crippen molar-refractivity contribution in [2.24, 2.45) is 10.4 Å². The lowest BCUT2D eigenvalue weighted by Crippen LogP contribution is -2.44. The number of furan rings is 1. The summed E-state index contributed by atoms with van der Waals surface area (Å²) in [5.74, 6) is 2.03. The first-order chi connectivity index (χ1) is 11.1. The molecule has 1 atom stereocenters. The van der Waals surface area contributed by atoms with E-state index in [1.54, 1.807) is 6.26 Å². The molecule has 0 aromatic carbocycles. The van der Waals surface area contributed by atoms with Gasteiger partial charge in [-0.1, -0.05) is 12.8 Å². The molecule has 0 radical (unpaired) electrons. The van der Waals surface area contributed by atoms with E-state index in [1.165, 1.54) is 38.6 Å². The molecule has 5 nitrogen and oxygen atoms in total. The molecule has 0 bridgehead atoms. The lowest BCUT2D eigenvalue weighted by Gasteiger charge is -2.28. The molecule has 1 aliphatic carbocycles. The molecule has 24 heavy (non-hydrogen) atoms. The third-order valence-electron chi connectivity index (χ3n) is 5.56. The molecule has 1 N–H and O–H groups in total. The summed E-state index contributed by atoms with van der Waals surface area (Å²) < 4.78 is 5.59. The number of nitrogens with one attached hydrogen (secondary N) is 1. The summed E-state index contributed by atoms with van der Waals surface area (Å²) in [6.45, 7) is 3.10. The molecule has 0 amide bonds. The molecule has 3 rings (SSSR count). The molecule has 1 spiro atoms. The lowest BCUT2D eigenvalue weighted by molar-refractivity contribution is 0.255. The fraction of sp³-hybridized carbons (Fsp3) is 0.722. The highest BCUT2D eigenvalue weighted by Crippen LogP contribution is 2.45. The summed E-state index contributed by atoms with van der Waals surface area (Å²) in [6, 6.07) is 4.20. The van der Waals surface area contributed by atoms with Crippen LogP contribution in [0.15, 0.2) is 27.8 Å². The number of hydrogen-bond donors (Lipinski definition) is 1. The molecule has 1 aromatic heterocycles. The van der Waals surface area contributed by atoms with E-state index >= 15 is 0 Å².